The molecule has 2 heterocycles. The van der Waals surface area contributed by atoms with Gasteiger partial charge in [0.1, 0.15) is 23.2 Å². The second-order valence-electron chi connectivity index (χ2n) is 9.42. The molecule has 0 saturated carbocycles. The van der Waals surface area contributed by atoms with Crippen LogP contribution in [0.4, 0.5) is 21.6 Å². The summed E-state index contributed by atoms with van der Waals surface area (Å²) >= 11 is 0. The van der Waals surface area contributed by atoms with Gasteiger partial charge in [-0.15, -0.1) is 0 Å². The van der Waals surface area contributed by atoms with Gasteiger partial charge < -0.3 is 14.8 Å². The summed E-state index contributed by atoms with van der Waals surface area (Å²) < 4.78 is 15.9. The van der Waals surface area contributed by atoms with Crippen LogP contribution in [-0.2, 0) is 19.6 Å². The van der Waals surface area contributed by atoms with Crippen molar-refractivity contribution in [3.63, 3.8) is 0 Å². The Morgan fingerprint density at radius 3 is 2.25 bits per heavy atom. The van der Waals surface area contributed by atoms with Crippen LogP contribution >= 0.6 is 0 Å². The Balaban J connectivity index is 1.39. The number of halogens is 1. The minimum absolute atomic E-state index is 0.242. The molecule has 186 valence electrons. The molecule has 5 rings (SSSR count). The first-order valence-corrected chi connectivity index (χ1v) is 12.8. The molecule has 6 heteroatoms. The number of hydrogen-bond donors (Lipinski definition) is 1. The van der Waals surface area contributed by atoms with Crippen LogP contribution in [0.2, 0.25) is 0 Å². The van der Waals surface area contributed by atoms with E-state index in [9.17, 15) is 4.39 Å². The fourth-order valence-corrected chi connectivity index (χ4v) is 4.88. The number of nitrogens with one attached hydrogen (secondary N) is 1. The Morgan fingerprint density at radius 2 is 1.58 bits per heavy atom. The van der Waals surface area contributed by atoms with Crippen LogP contribution in [0.5, 0.6) is 0 Å². The lowest BCUT2D eigenvalue weighted by Gasteiger charge is -2.29. The Bertz CT molecular complexity index is 1290. The van der Waals surface area contributed by atoms with Crippen molar-refractivity contribution in [2.75, 3.05) is 29.9 Å². The first-order valence-electron chi connectivity index (χ1n) is 12.8. The van der Waals surface area contributed by atoms with Crippen LogP contribution in [0.25, 0.3) is 11.3 Å². The molecule has 0 unspecified atom stereocenters. The summed E-state index contributed by atoms with van der Waals surface area (Å²) in [6, 6.07) is 23.9. The van der Waals surface area contributed by atoms with Crippen molar-refractivity contribution < 1.29 is 4.39 Å². The van der Waals surface area contributed by atoms with Crippen LogP contribution in [0.3, 0.4) is 0 Å². The minimum Gasteiger partial charge on any atom is -0.372 e. The van der Waals surface area contributed by atoms with Crippen LogP contribution in [0.1, 0.15) is 30.8 Å². The maximum Gasteiger partial charge on any atom is 0.138 e. The van der Waals surface area contributed by atoms with Gasteiger partial charge in [-0.05, 0) is 74.9 Å². The average molecular weight is 484 g/mol. The number of benzene rings is 3. The van der Waals surface area contributed by atoms with Crippen molar-refractivity contribution in [3.8, 4) is 11.3 Å². The lowest BCUT2D eigenvalue weighted by atomic mass is 10.1. The molecule has 1 aromatic heterocycles. The molecule has 0 atom stereocenters. The van der Waals surface area contributed by atoms with Crippen molar-refractivity contribution in [1.82, 2.24) is 14.5 Å². The summed E-state index contributed by atoms with van der Waals surface area (Å²) in [4.78, 5) is 9.85. The molecular weight excluding hydrogens is 449 g/mol. The molecule has 0 saturated heterocycles. The predicted molar refractivity (Wildman–Crippen MR) is 146 cm³/mol. The van der Waals surface area contributed by atoms with E-state index in [4.69, 9.17) is 4.98 Å². The zero-order chi connectivity index (χ0) is 25.1. The lowest BCUT2D eigenvalue weighted by Crippen LogP contribution is -2.33. The molecule has 0 amide bonds. The fourth-order valence-electron chi connectivity index (χ4n) is 4.88. The summed E-state index contributed by atoms with van der Waals surface area (Å²) in [6.07, 6.45) is 0. The topological polar surface area (TPSA) is 36.3 Å². The second-order valence-corrected chi connectivity index (χ2v) is 9.42. The van der Waals surface area contributed by atoms with Crippen LogP contribution in [-0.4, -0.2) is 34.1 Å². The second kappa shape index (κ2) is 10.5. The fraction of sp³-hybridized carbons (Fsp3) is 0.300. The van der Waals surface area contributed by atoms with Gasteiger partial charge in [0.25, 0.3) is 0 Å². The summed E-state index contributed by atoms with van der Waals surface area (Å²) in [6.45, 7) is 11.9. The zero-order valence-electron chi connectivity index (χ0n) is 21.3. The van der Waals surface area contributed by atoms with Gasteiger partial charge in [-0.25, -0.2) is 9.37 Å². The van der Waals surface area contributed by atoms with Crippen molar-refractivity contribution in [1.29, 1.82) is 0 Å². The Morgan fingerprint density at radius 1 is 0.889 bits per heavy atom. The van der Waals surface area contributed by atoms with E-state index < -0.39 is 0 Å². The number of aryl methyl sites for hydroxylation is 1. The first kappa shape index (κ1) is 24.1. The van der Waals surface area contributed by atoms with E-state index in [1.165, 1.54) is 28.9 Å². The van der Waals surface area contributed by atoms with Crippen LogP contribution in [0, 0.1) is 12.7 Å². The van der Waals surface area contributed by atoms with E-state index in [-0.39, 0.29) is 5.82 Å². The van der Waals surface area contributed by atoms with Crippen LogP contribution < -0.4 is 10.2 Å². The van der Waals surface area contributed by atoms with Gasteiger partial charge in [-0.3, -0.25) is 4.90 Å². The number of rotatable bonds is 8. The third-order valence-electron chi connectivity index (χ3n) is 6.95. The molecule has 1 aliphatic heterocycles. The van der Waals surface area contributed by atoms with Gasteiger partial charge in [-0.1, -0.05) is 29.8 Å². The highest BCUT2D eigenvalue weighted by Gasteiger charge is 2.25. The highest BCUT2D eigenvalue weighted by atomic mass is 19.1. The zero-order valence-corrected chi connectivity index (χ0v) is 21.3. The summed E-state index contributed by atoms with van der Waals surface area (Å²) in [5.41, 5.74) is 6.58. The highest BCUT2D eigenvalue weighted by molar-refractivity contribution is 5.76. The molecule has 0 bridgehead atoms. The molecular formula is C30H34FN5. The minimum atomic E-state index is -0.242. The summed E-state index contributed by atoms with van der Waals surface area (Å²) in [7, 11) is 0. The van der Waals surface area contributed by atoms with Gasteiger partial charge >= 0.3 is 0 Å². The smallest absolute Gasteiger partial charge is 0.138 e. The van der Waals surface area contributed by atoms with E-state index in [1.807, 2.05) is 0 Å². The molecule has 36 heavy (non-hydrogen) atoms. The molecule has 3 aromatic carbocycles. The maximum absolute atomic E-state index is 13.6. The largest absolute Gasteiger partial charge is 0.372 e. The lowest BCUT2D eigenvalue weighted by molar-refractivity contribution is 0.210. The molecule has 0 radical (unpaired) electrons. The van der Waals surface area contributed by atoms with Gasteiger partial charge in [0, 0.05) is 49.7 Å². The van der Waals surface area contributed by atoms with E-state index in [1.54, 1.807) is 12.1 Å². The number of nitrogens with zero attached hydrogens (tertiary/aromatic N) is 4. The van der Waals surface area contributed by atoms with Gasteiger partial charge in [0.15, 0.2) is 0 Å². The monoisotopic (exact) mass is 483 g/mol. The van der Waals surface area contributed by atoms with Gasteiger partial charge in [0.05, 0.1) is 6.54 Å². The summed E-state index contributed by atoms with van der Waals surface area (Å²) in [5, 5.41) is 3.60. The SMILES string of the molecule is CCN(CC)c1ccc(CN2CCn3c(nc(-c4ccc(F)cc4)c3Nc3ccc(C)cc3)C2)cc1. The first-order chi connectivity index (χ1) is 17.5. The normalized spacial score (nSPS) is 13.4. The molecule has 4 aromatic rings. The quantitative estimate of drug-likeness (QED) is 0.306. The Labute approximate surface area is 213 Å². The molecule has 1 N–H and O–H groups in total. The number of fused-ring (bicyclic) bond motifs is 1. The standard InChI is InChI=1S/C30H34FN5/c1-4-35(5-2)27-16-8-23(9-17-27)20-34-18-19-36-28(21-34)33-29(24-10-12-25(31)13-11-24)30(36)32-26-14-6-22(3)7-15-26/h6-17,32H,4-5,18-21H2,1-3H3. The van der Waals surface area contributed by atoms with Gasteiger partial charge in [-0.2, -0.15) is 0 Å². The Hall–Kier alpha value is -3.64. The van der Waals surface area contributed by atoms with Crippen molar-refractivity contribution in [2.45, 2.75) is 40.4 Å². The van der Waals surface area contributed by atoms with E-state index in [2.05, 4.69) is 89.0 Å². The van der Waals surface area contributed by atoms with Crippen molar-refractivity contribution >= 4 is 17.2 Å². The van der Waals surface area contributed by atoms with Crippen molar-refractivity contribution in [2.24, 2.45) is 0 Å². The molecule has 5 nitrogen and oxygen atoms in total. The molecule has 0 spiro atoms. The highest BCUT2D eigenvalue weighted by Crippen LogP contribution is 2.33. The van der Waals surface area contributed by atoms with Crippen molar-refractivity contribution in [3.05, 3.63) is 95.6 Å². The average Bonchev–Trinajstić information content (AvgIpc) is 3.25. The number of imidazole rings is 1. The van der Waals surface area contributed by atoms with E-state index >= 15 is 0 Å². The number of anilines is 3. The van der Waals surface area contributed by atoms with Crippen LogP contribution in [0.15, 0.2) is 72.8 Å². The maximum atomic E-state index is 13.6. The number of aromatic nitrogens is 2. The third-order valence-corrected chi connectivity index (χ3v) is 6.95. The van der Waals surface area contributed by atoms with E-state index in [0.717, 1.165) is 67.9 Å². The Kier molecular flexibility index (Phi) is 7.05. The number of hydrogen-bond acceptors (Lipinski definition) is 4. The molecule has 0 aliphatic carbocycles. The molecule has 0 fully saturated rings. The predicted octanol–water partition coefficient (Wildman–Crippen LogP) is 6.60. The van der Waals surface area contributed by atoms with E-state index in [0.29, 0.717) is 0 Å². The van der Waals surface area contributed by atoms with Gasteiger partial charge in [0.2, 0.25) is 0 Å². The summed E-state index contributed by atoms with van der Waals surface area (Å²) in [5.74, 6) is 1.74. The third kappa shape index (κ3) is 5.14. The molecule has 1 aliphatic rings.